The van der Waals surface area contributed by atoms with Crippen molar-refractivity contribution in [2.45, 2.75) is 31.7 Å². The van der Waals surface area contributed by atoms with E-state index >= 15 is 0 Å². The van der Waals surface area contributed by atoms with Crippen LogP contribution in [0, 0.1) is 0 Å². The molecule has 2 N–H and O–H groups in total. The lowest BCUT2D eigenvalue weighted by atomic mass is 9.86. The second kappa shape index (κ2) is 2.91. The monoisotopic (exact) mass is 168 g/mol. The van der Waals surface area contributed by atoms with Gasteiger partial charge in [-0.15, -0.1) is 11.3 Å². The molecule has 1 aliphatic rings. The summed E-state index contributed by atoms with van der Waals surface area (Å²) in [5, 5.41) is 1.30. The zero-order valence-electron chi connectivity index (χ0n) is 6.42. The molecule has 0 bridgehead atoms. The van der Waals surface area contributed by atoms with Gasteiger partial charge in [-0.3, -0.25) is 0 Å². The number of rotatable bonds is 2. The fourth-order valence-electron chi connectivity index (χ4n) is 1.26. The maximum absolute atomic E-state index is 5.49. The molecule has 0 aliphatic heterocycles. The van der Waals surface area contributed by atoms with Gasteiger partial charge in [0.25, 0.3) is 0 Å². The fourth-order valence-corrected chi connectivity index (χ4v) is 2.23. The summed E-state index contributed by atoms with van der Waals surface area (Å²) in [4.78, 5) is 5.56. The first-order chi connectivity index (χ1) is 5.40. The topological polar surface area (TPSA) is 38.9 Å². The number of thiazole rings is 1. The van der Waals surface area contributed by atoms with E-state index in [1.54, 1.807) is 11.3 Å². The highest BCUT2D eigenvalue weighted by Gasteiger charge is 2.22. The molecule has 2 nitrogen and oxygen atoms in total. The molecule has 1 aromatic heterocycles. The Bertz CT molecular complexity index is 240. The molecule has 1 heterocycles. The number of nitrogens with two attached hydrogens (primary N) is 1. The van der Waals surface area contributed by atoms with Crippen LogP contribution in [0.4, 0.5) is 0 Å². The average molecular weight is 168 g/mol. The standard InChI is InChI=1S/C8H12N2S/c9-4-7-5-10-8(11-7)6-2-1-3-6/h5-6H,1-4,9H2. The van der Waals surface area contributed by atoms with Crippen molar-refractivity contribution in [3.05, 3.63) is 16.1 Å². The largest absolute Gasteiger partial charge is 0.326 e. The minimum atomic E-state index is 0.643. The Kier molecular flexibility index (Phi) is 1.92. The van der Waals surface area contributed by atoms with Crippen LogP contribution in [0.3, 0.4) is 0 Å². The molecule has 0 saturated heterocycles. The first-order valence-electron chi connectivity index (χ1n) is 4.05. The molecule has 3 heteroatoms. The summed E-state index contributed by atoms with van der Waals surface area (Å²) in [6.45, 7) is 0.643. The third kappa shape index (κ3) is 1.30. The van der Waals surface area contributed by atoms with E-state index in [-0.39, 0.29) is 0 Å². The number of hydrogen-bond acceptors (Lipinski definition) is 3. The van der Waals surface area contributed by atoms with Gasteiger partial charge in [-0.1, -0.05) is 6.42 Å². The highest BCUT2D eigenvalue weighted by Crippen LogP contribution is 2.37. The van der Waals surface area contributed by atoms with E-state index in [9.17, 15) is 0 Å². The molecule has 0 amide bonds. The summed E-state index contributed by atoms with van der Waals surface area (Å²) < 4.78 is 0. The van der Waals surface area contributed by atoms with Crippen LogP contribution in [0.25, 0.3) is 0 Å². The summed E-state index contributed by atoms with van der Waals surface area (Å²) in [7, 11) is 0. The zero-order valence-corrected chi connectivity index (χ0v) is 7.23. The van der Waals surface area contributed by atoms with Gasteiger partial charge in [0, 0.05) is 23.5 Å². The Balaban J connectivity index is 2.11. The Morgan fingerprint density at radius 1 is 1.64 bits per heavy atom. The van der Waals surface area contributed by atoms with E-state index in [0.717, 1.165) is 5.92 Å². The third-order valence-corrected chi connectivity index (χ3v) is 3.41. The van der Waals surface area contributed by atoms with Gasteiger partial charge in [0.2, 0.25) is 0 Å². The maximum Gasteiger partial charge on any atom is 0.0959 e. The van der Waals surface area contributed by atoms with Gasteiger partial charge < -0.3 is 5.73 Å². The van der Waals surface area contributed by atoms with E-state index in [1.165, 1.54) is 29.1 Å². The molecule has 1 fully saturated rings. The minimum Gasteiger partial charge on any atom is -0.326 e. The first-order valence-corrected chi connectivity index (χ1v) is 4.86. The molecular weight excluding hydrogens is 156 g/mol. The Morgan fingerprint density at radius 2 is 2.45 bits per heavy atom. The Morgan fingerprint density at radius 3 is 2.91 bits per heavy atom. The van der Waals surface area contributed by atoms with Gasteiger partial charge in [0.15, 0.2) is 0 Å². The van der Waals surface area contributed by atoms with Crippen LogP contribution in [-0.4, -0.2) is 4.98 Å². The van der Waals surface area contributed by atoms with Gasteiger partial charge in [-0.2, -0.15) is 0 Å². The predicted octanol–water partition coefficient (Wildman–Crippen LogP) is 1.87. The van der Waals surface area contributed by atoms with Crippen LogP contribution in [-0.2, 0) is 6.54 Å². The fraction of sp³-hybridized carbons (Fsp3) is 0.625. The van der Waals surface area contributed by atoms with Gasteiger partial charge in [0.05, 0.1) is 5.01 Å². The van der Waals surface area contributed by atoms with E-state index in [4.69, 9.17) is 5.73 Å². The summed E-state index contributed by atoms with van der Waals surface area (Å²) in [6.07, 6.45) is 5.95. The van der Waals surface area contributed by atoms with Crippen molar-refractivity contribution in [2.24, 2.45) is 5.73 Å². The number of nitrogens with zero attached hydrogens (tertiary/aromatic N) is 1. The molecule has 0 unspecified atom stereocenters. The van der Waals surface area contributed by atoms with Crippen LogP contribution in [0.15, 0.2) is 6.20 Å². The lowest BCUT2D eigenvalue weighted by Crippen LogP contribution is -2.07. The normalized spacial score (nSPS) is 18.3. The summed E-state index contributed by atoms with van der Waals surface area (Å²) >= 11 is 1.78. The van der Waals surface area contributed by atoms with Crippen molar-refractivity contribution in [1.29, 1.82) is 0 Å². The molecular formula is C8H12N2S. The van der Waals surface area contributed by atoms with Crippen molar-refractivity contribution in [1.82, 2.24) is 4.98 Å². The number of hydrogen-bond donors (Lipinski definition) is 1. The van der Waals surface area contributed by atoms with Gasteiger partial charge in [-0.05, 0) is 12.8 Å². The first kappa shape index (κ1) is 7.25. The maximum atomic E-state index is 5.49. The van der Waals surface area contributed by atoms with E-state index < -0.39 is 0 Å². The van der Waals surface area contributed by atoms with Crippen LogP contribution < -0.4 is 5.73 Å². The van der Waals surface area contributed by atoms with Gasteiger partial charge in [0.1, 0.15) is 0 Å². The van der Waals surface area contributed by atoms with Crippen LogP contribution in [0.2, 0.25) is 0 Å². The Labute approximate surface area is 70.5 Å². The van der Waals surface area contributed by atoms with Gasteiger partial charge >= 0.3 is 0 Å². The van der Waals surface area contributed by atoms with E-state index in [2.05, 4.69) is 4.98 Å². The SMILES string of the molecule is NCc1cnc(C2CCC2)s1. The molecule has 2 rings (SSSR count). The molecule has 1 aromatic rings. The second-order valence-electron chi connectivity index (χ2n) is 3.00. The Hall–Kier alpha value is -0.410. The van der Waals surface area contributed by atoms with Gasteiger partial charge in [-0.25, -0.2) is 4.98 Å². The minimum absolute atomic E-state index is 0.643. The summed E-state index contributed by atoms with van der Waals surface area (Å²) in [5.74, 6) is 0.764. The smallest absolute Gasteiger partial charge is 0.0959 e. The highest BCUT2D eigenvalue weighted by atomic mass is 32.1. The molecule has 0 atom stereocenters. The third-order valence-electron chi connectivity index (χ3n) is 2.23. The predicted molar refractivity (Wildman–Crippen MR) is 46.6 cm³/mol. The molecule has 0 aromatic carbocycles. The molecule has 0 spiro atoms. The highest BCUT2D eigenvalue weighted by molar-refractivity contribution is 7.11. The summed E-state index contributed by atoms with van der Waals surface area (Å²) in [6, 6.07) is 0. The zero-order chi connectivity index (χ0) is 7.68. The van der Waals surface area contributed by atoms with Crippen molar-refractivity contribution < 1.29 is 0 Å². The lowest BCUT2D eigenvalue weighted by Gasteiger charge is -2.22. The van der Waals surface area contributed by atoms with Crippen molar-refractivity contribution in [3.8, 4) is 0 Å². The van der Waals surface area contributed by atoms with Crippen LogP contribution in [0.1, 0.15) is 35.1 Å². The van der Waals surface area contributed by atoms with Crippen molar-refractivity contribution >= 4 is 11.3 Å². The second-order valence-corrected chi connectivity index (χ2v) is 4.14. The molecule has 1 aliphatic carbocycles. The quantitative estimate of drug-likeness (QED) is 0.732. The summed E-state index contributed by atoms with van der Waals surface area (Å²) in [5.41, 5.74) is 5.49. The van der Waals surface area contributed by atoms with Crippen molar-refractivity contribution in [3.63, 3.8) is 0 Å². The molecule has 11 heavy (non-hydrogen) atoms. The van der Waals surface area contributed by atoms with E-state index in [0.29, 0.717) is 6.54 Å². The average Bonchev–Trinajstić information content (AvgIpc) is 2.32. The molecule has 0 radical (unpaired) electrons. The van der Waals surface area contributed by atoms with E-state index in [1.807, 2.05) is 6.20 Å². The lowest BCUT2D eigenvalue weighted by molar-refractivity contribution is 0.418. The van der Waals surface area contributed by atoms with Crippen LogP contribution >= 0.6 is 11.3 Å². The molecule has 1 saturated carbocycles. The molecule has 60 valence electrons. The van der Waals surface area contributed by atoms with Crippen molar-refractivity contribution in [2.75, 3.05) is 0 Å². The number of aromatic nitrogens is 1. The van der Waals surface area contributed by atoms with Crippen LogP contribution in [0.5, 0.6) is 0 Å².